The molecule has 0 aliphatic carbocycles. The largest absolute Gasteiger partial charge is 0.508 e. The average Bonchev–Trinajstić information content (AvgIpc) is 2.71. The summed E-state index contributed by atoms with van der Waals surface area (Å²) in [5.41, 5.74) is 1.07. The van der Waals surface area contributed by atoms with Crippen molar-refractivity contribution in [2.45, 2.75) is 19.0 Å². The molecule has 6 nitrogen and oxygen atoms in total. The van der Waals surface area contributed by atoms with Crippen LogP contribution in [0.15, 0.2) is 42.5 Å². The molecule has 1 heterocycles. The summed E-state index contributed by atoms with van der Waals surface area (Å²) in [5, 5.41) is 18.8. The van der Waals surface area contributed by atoms with Crippen LogP contribution in [0.5, 0.6) is 11.5 Å². The lowest BCUT2D eigenvalue weighted by atomic mass is 10.1. The van der Waals surface area contributed by atoms with Crippen LogP contribution in [-0.2, 0) is 6.54 Å². The van der Waals surface area contributed by atoms with Crippen LogP contribution in [0.25, 0.3) is 0 Å². The van der Waals surface area contributed by atoms with Crippen LogP contribution < -0.4 is 4.74 Å². The van der Waals surface area contributed by atoms with E-state index >= 15 is 0 Å². The molecule has 2 N–H and O–H groups in total. The van der Waals surface area contributed by atoms with Gasteiger partial charge in [-0.2, -0.15) is 0 Å². The Morgan fingerprint density at radius 2 is 1.96 bits per heavy atom. The molecule has 0 unspecified atom stereocenters. The number of ether oxygens (including phenoxy) is 1. The number of nitrogens with zero attached hydrogens (tertiary/aromatic N) is 2. The number of halogens is 1. The molecule has 0 aromatic heterocycles. The van der Waals surface area contributed by atoms with Crippen molar-refractivity contribution in [1.29, 1.82) is 0 Å². The van der Waals surface area contributed by atoms with Gasteiger partial charge in [0, 0.05) is 56.0 Å². The van der Waals surface area contributed by atoms with Gasteiger partial charge >= 0.3 is 0 Å². The van der Waals surface area contributed by atoms with Gasteiger partial charge in [-0.3, -0.25) is 9.69 Å². The zero-order valence-corrected chi connectivity index (χ0v) is 15.8. The Hall–Kier alpha value is -2.64. The summed E-state index contributed by atoms with van der Waals surface area (Å²) < 4.78 is 19.4. The van der Waals surface area contributed by atoms with Gasteiger partial charge in [-0.25, -0.2) is 4.39 Å². The summed E-state index contributed by atoms with van der Waals surface area (Å²) in [6, 6.07) is 10.9. The Bertz CT molecular complexity index is 813. The Balaban J connectivity index is 1.70. The SMILES string of the molecule is COc1ccc(CN2CCN(C(=O)c3ccc(O)cc3)C[C@@H]2CCO)c(F)c1. The maximum absolute atomic E-state index is 14.3. The first-order valence-electron chi connectivity index (χ1n) is 9.27. The number of aromatic hydroxyl groups is 1. The van der Waals surface area contributed by atoms with Gasteiger partial charge in [-0.15, -0.1) is 0 Å². The van der Waals surface area contributed by atoms with Crippen molar-refractivity contribution in [3.8, 4) is 11.5 Å². The number of phenolic OH excluding ortho intramolecular Hbond substituents is 1. The smallest absolute Gasteiger partial charge is 0.253 e. The van der Waals surface area contributed by atoms with Crippen LogP contribution in [0.3, 0.4) is 0 Å². The lowest BCUT2D eigenvalue weighted by Gasteiger charge is -2.41. The van der Waals surface area contributed by atoms with E-state index in [1.165, 1.54) is 25.3 Å². The van der Waals surface area contributed by atoms with Gasteiger partial charge in [0.25, 0.3) is 5.91 Å². The number of carbonyl (C=O) groups is 1. The van der Waals surface area contributed by atoms with E-state index in [9.17, 15) is 19.4 Å². The molecule has 0 radical (unpaired) electrons. The number of aliphatic hydroxyl groups is 1. The molecule has 0 saturated carbocycles. The number of rotatable bonds is 6. The quantitative estimate of drug-likeness (QED) is 0.794. The lowest BCUT2D eigenvalue weighted by Crippen LogP contribution is -2.54. The highest BCUT2D eigenvalue weighted by Gasteiger charge is 2.30. The van der Waals surface area contributed by atoms with E-state index < -0.39 is 0 Å². The maximum atomic E-state index is 14.3. The minimum Gasteiger partial charge on any atom is -0.508 e. The summed E-state index contributed by atoms with van der Waals surface area (Å²) in [7, 11) is 1.50. The number of hydrogen-bond acceptors (Lipinski definition) is 5. The van der Waals surface area contributed by atoms with Gasteiger partial charge in [0.1, 0.15) is 17.3 Å². The minimum atomic E-state index is -0.329. The van der Waals surface area contributed by atoms with E-state index in [-0.39, 0.29) is 30.1 Å². The molecule has 1 aliphatic heterocycles. The number of amides is 1. The average molecular weight is 388 g/mol. The number of phenols is 1. The highest BCUT2D eigenvalue weighted by molar-refractivity contribution is 5.94. The van der Waals surface area contributed by atoms with Gasteiger partial charge in [0.15, 0.2) is 0 Å². The van der Waals surface area contributed by atoms with E-state index in [2.05, 4.69) is 4.90 Å². The normalized spacial score (nSPS) is 17.5. The molecule has 3 rings (SSSR count). The van der Waals surface area contributed by atoms with Crippen LogP contribution >= 0.6 is 0 Å². The van der Waals surface area contributed by atoms with E-state index in [0.717, 1.165) is 0 Å². The van der Waals surface area contributed by atoms with Crippen molar-refractivity contribution in [3.63, 3.8) is 0 Å². The third-order valence-electron chi connectivity index (χ3n) is 5.10. The van der Waals surface area contributed by atoms with Crippen LogP contribution in [-0.4, -0.2) is 65.3 Å². The van der Waals surface area contributed by atoms with Crippen LogP contribution in [0.1, 0.15) is 22.3 Å². The van der Waals surface area contributed by atoms with E-state index in [1.54, 1.807) is 29.2 Å². The number of carbonyl (C=O) groups excluding carboxylic acids is 1. The Kier molecular flexibility index (Phi) is 6.49. The molecule has 0 bridgehead atoms. The first-order chi connectivity index (χ1) is 13.5. The second-order valence-corrected chi connectivity index (χ2v) is 6.89. The topological polar surface area (TPSA) is 73.2 Å². The number of methoxy groups -OCH3 is 1. The van der Waals surface area contributed by atoms with Crippen LogP contribution in [0.4, 0.5) is 4.39 Å². The molecular weight excluding hydrogens is 363 g/mol. The third-order valence-corrected chi connectivity index (χ3v) is 5.10. The number of hydrogen-bond donors (Lipinski definition) is 2. The fraction of sp³-hybridized carbons (Fsp3) is 0.381. The molecule has 0 spiro atoms. The highest BCUT2D eigenvalue weighted by Crippen LogP contribution is 2.22. The zero-order chi connectivity index (χ0) is 20.1. The molecule has 2 aromatic carbocycles. The molecule has 7 heteroatoms. The predicted octanol–water partition coefficient (Wildman–Crippen LogP) is 2.25. The van der Waals surface area contributed by atoms with Crippen molar-refractivity contribution in [1.82, 2.24) is 9.80 Å². The van der Waals surface area contributed by atoms with Crippen molar-refractivity contribution >= 4 is 5.91 Å². The second kappa shape index (κ2) is 9.03. The fourth-order valence-electron chi connectivity index (χ4n) is 3.50. The molecule has 1 aliphatic rings. The molecule has 28 heavy (non-hydrogen) atoms. The standard InChI is InChI=1S/C21H25FN2O4/c1-28-19-7-4-16(20(22)12-19)13-23-9-10-24(14-17(23)8-11-25)21(27)15-2-5-18(26)6-3-15/h2-7,12,17,25-26H,8-11,13-14H2,1H3/t17-/m0/s1. The summed E-state index contributed by atoms with van der Waals surface area (Å²) in [5.74, 6) is 0.140. The molecule has 1 fully saturated rings. The summed E-state index contributed by atoms with van der Waals surface area (Å²) in [4.78, 5) is 16.6. The number of benzene rings is 2. The van der Waals surface area contributed by atoms with Gasteiger partial charge in [0.2, 0.25) is 0 Å². The molecule has 1 amide bonds. The van der Waals surface area contributed by atoms with Gasteiger partial charge in [-0.1, -0.05) is 6.07 Å². The van der Waals surface area contributed by atoms with Crippen molar-refractivity contribution in [2.24, 2.45) is 0 Å². The third kappa shape index (κ3) is 4.61. The molecule has 150 valence electrons. The predicted molar refractivity (Wildman–Crippen MR) is 103 cm³/mol. The zero-order valence-electron chi connectivity index (χ0n) is 15.8. The Morgan fingerprint density at radius 3 is 2.61 bits per heavy atom. The summed E-state index contributed by atoms with van der Waals surface area (Å²) in [6.07, 6.45) is 0.497. The number of piperazine rings is 1. The summed E-state index contributed by atoms with van der Waals surface area (Å²) in [6.45, 7) is 1.95. The lowest BCUT2D eigenvalue weighted by molar-refractivity contribution is 0.0391. The monoisotopic (exact) mass is 388 g/mol. The molecule has 1 atom stereocenters. The van der Waals surface area contributed by atoms with Crippen molar-refractivity contribution < 1.29 is 24.1 Å². The first-order valence-corrected chi connectivity index (χ1v) is 9.27. The van der Waals surface area contributed by atoms with E-state index in [0.29, 0.717) is 49.5 Å². The maximum Gasteiger partial charge on any atom is 0.253 e. The minimum absolute atomic E-state index is 0.00645. The van der Waals surface area contributed by atoms with Crippen molar-refractivity contribution in [2.75, 3.05) is 33.4 Å². The van der Waals surface area contributed by atoms with Gasteiger partial charge < -0.3 is 19.8 Å². The summed E-state index contributed by atoms with van der Waals surface area (Å²) >= 11 is 0. The van der Waals surface area contributed by atoms with Crippen LogP contribution in [0, 0.1) is 5.82 Å². The van der Waals surface area contributed by atoms with Crippen molar-refractivity contribution in [3.05, 3.63) is 59.4 Å². The van der Waals surface area contributed by atoms with E-state index in [1.807, 2.05) is 0 Å². The second-order valence-electron chi connectivity index (χ2n) is 6.89. The molecule has 1 saturated heterocycles. The first kappa shape index (κ1) is 20.1. The fourth-order valence-corrected chi connectivity index (χ4v) is 3.50. The Labute approximate surface area is 163 Å². The van der Waals surface area contributed by atoms with E-state index in [4.69, 9.17) is 4.74 Å². The van der Waals surface area contributed by atoms with Crippen LogP contribution in [0.2, 0.25) is 0 Å². The molecular formula is C21H25FN2O4. The highest BCUT2D eigenvalue weighted by atomic mass is 19.1. The molecule has 2 aromatic rings. The number of aliphatic hydroxyl groups excluding tert-OH is 1. The van der Waals surface area contributed by atoms with Gasteiger partial charge in [0.05, 0.1) is 7.11 Å². The van der Waals surface area contributed by atoms with Gasteiger partial charge in [-0.05, 0) is 36.8 Å². The Morgan fingerprint density at radius 1 is 1.21 bits per heavy atom.